The van der Waals surface area contributed by atoms with Gasteiger partial charge in [0.05, 0.1) is 6.61 Å². The summed E-state index contributed by atoms with van der Waals surface area (Å²) in [4.78, 5) is 12.3. The molecule has 0 saturated heterocycles. The van der Waals surface area contributed by atoms with Crippen LogP contribution in [0.15, 0.2) is 46.9 Å². The molecule has 1 aliphatic carbocycles. The van der Waals surface area contributed by atoms with Crippen LogP contribution in [0, 0.1) is 0 Å². The molecule has 1 aliphatic rings. The summed E-state index contributed by atoms with van der Waals surface area (Å²) in [6.07, 6.45) is 5.74. The van der Waals surface area contributed by atoms with Gasteiger partial charge in [0.15, 0.2) is 18.1 Å². The lowest BCUT2D eigenvalue weighted by Crippen LogP contribution is -2.39. The predicted molar refractivity (Wildman–Crippen MR) is 123 cm³/mol. The zero-order chi connectivity index (χ0) is 21.2. The van der Waals surface area contributed by atoms with Crippen molar-refractivity contribution in [3.05, 3.63) is 52.5 Å². The van der Waals surface area contributed by atoms with Gasteiger partial charge in [-0.1, -0.05) is 53.4 Å². The summed E-state index contributed by atoms with van der Waals surface area (Å²) in [7, 11) is 0. The molecule has 0 aliphatic heterocycles. The number of hydrogen-bond acceptors (Lipinski definition) is 5. The Morgan fingerprint density at radius 2 is 1.80 bits per heavy atom. The lowest BCUT2D eigenvalue weighted by molar-refractivity contribution is -0.124. The van der Waals surface area contributed by atoms with Gasteiger partial charge in [0.2, 0.25) is 0 Å². The summed E-state index contributed by atoms with van der Waals surface area (Å²) in [5, 5.41) is 3.08. The van der Waals surface area contributed by atoms with E-state index in [4.69, 9.17) is 9.47 Å². The van der Waals surface area contributed by atoms with Gasteiger partial charge in [-0.2, -0.15) is 0 Å². The van der Waals surface area contributed by atoms with E-state index >= 15 is 0 Å². The number of carbonyl (C=O) groups is 1. The number of hydrogen-bond donors (Lipinski definition) is 3. The average molecular weight is 476 g/mol. The van der Waals surface area contributed by atoms with Gasteiger partial charge < -0.3 is 20.2 Å². The van der Waals surface area contributed by atoms with Crippen LogP contribution < -0.4 is 25.6 Å². The summed E-state index contributed by atoms with van der Waals surface area (Å²) in [5.74, 6) is 1.10. The molecule has 3 N–H and O–H groups in total. The number of halogens is 1. The fourth-order valence-electron chi connectivity index (χ4n) is 3.52. The highest BCUT2D eigenvalue weighted by Gasteiger charge is 2.17. The first-order valence-electron chi connectivity index (χ1n) is 10.6. The van der Waals surface area contributed by atoms with E-state index in [9.17, 15) is 4.79 Å². The number of rotatable bonds is 10. The Morgan fingerprint density at radius 3 is 2.53 bits per heavy atom. The van der Waals surface area contributed by atoms with E-state index in [2.05, 4.69) is 32.1 Å². The summed E-state index contributed by atoms with van der Waals surface area (Å²) in [6.45, 7) is 3.01. The Kier molecular flexibility index (Phi) is 8.83. The van der Waals surface area contributed by atoms with Gasteiger partial charge in [-0.15, -0.1) is 0 Å². The number of amides is 1. The Balaban J connectivity index is 1.57. The number of carbonyl (C=O) groups excluding carboxylic acids is 1. The molecule has 1 saturated carbocycles. The van der Waals surface area contributed by atoms with Crippen molar-refractivity contribution in [1.82, 2.24) is 10.7 Å². The molecule has 6 nitrogen and oxygen atoms in total. The molecule has 2 aromatic rings. The molecule has 2 aromatic carbocycles. The molecule has 162 valence electrons. The number of ether oxygens (including phenoxy) is 2. The molecule has 0 spiro atoms. The van der Waals surface area contributed by atoms with Crippen molar-refractivity contribution in [3.63, 3.8) is 0 Å². The summed E-state index contributed by atoms with van der Waals surface area (Å²) in [6, 6.07) is 14.0. The summed E-state index contributed by atoms with van der Waals surface area (Å²) < 4.78 is 12.4. The number of anilines is 1. The number of hydrazine groups is 1. The number of nitrogens with one attached hydrogen (secondary N) is 3. The van der Waals surface area contributed by atoms with Crippen LogP contribution in [-0.4, -0.2) is 25.2 Å². The van der Waals surface area contributed by atoms with E-state index in [1.807, 2.05) is 49.4 Å². The van der Waals surface area contributed by atoms with Crippen LogP contribution in [0.25, 0.3) is 0 Å². The third-order valence-electron chi connectivity index (χ3n) is 5.03. The van der Waals surface area contributed by atoms with Crippen LogP contribution in [-0.2, 0) is 11.3 Å². The highest BCUT2D eigenvalue weighted by atomic mass is 79.9. The van der Waals surface area contributed by atoms with E-state index in [0.29, 0.717) is 24.7 Å². The van der Waals surface area contributed by atoms with Crippen molar-refractivity contribution in [1.29, 1.82) is 0 Å². The van der Waals surface area contributed by atoms with Crippen LogP contribution in [0.4, 0.5) is 5.69 Å². The topological polar surface area (TPSA) is 71.6 Å². The minimum Gasteiger partial charge on any atom is -0.490 e. The summed E-state index contributed by atoms with van der Waals surface area (Å²) in [5.41, 5.74) is 8.38. The van der Waals surface area contributed by atoms with Crippen molar-refractivity contribution in [2.24, 2.45) is 0 Å². The first-order chi connectivity index (χ1) is 14.7. The third-order valence-corrected chi connectivity index (χ3v) is 5.77. The number of para-hydroxylation sites is 1. The molecule has 0 aromatic heterocycles. The average Bonchev–Trinajstić information content (AvgIpc) is 2.76. The molecular formula is C23H30BrN3O3. The Morgan fingerprint density at radius 1 is 1.07 bits per heavy atom. The Labute approximate surface area is 186 Å². The van der Waals surface area contributed by atoms with E-state index in [1.165, 1.54) is 19.3 Å². The van der Waals surface area contributed by atoms with E-state index < -0.39 is 0 Å². The maximum atomic E-state index is 12.3. The van der Waals surface area contributed by atoms with Gasteiger partial charge in [-0.25, -0.2) is 5.43 Å². The van der Waals surface area contributed by atoms with Gasteiger partial charge in [0, 0.05) is 22.7 Å². The summed E-state index contributed by atoms with van der Waals surface area (Å²) >= 11 is 3.60. The van der Waals surface area contributed by atoms with E-state index in [0.717, 1.165) is 28.6 Å². The van der Waals surface area contributed by atoms with Crippen molar-refractivity contribution >= 4 is 27.5 Å². The van der Waals surface area contributed by atoms with Crippen molar-refractivity contribution < 1.29 is 14.3 Å². The Hall–Kier alpha value is -2.25. The first-order valence-corrected chi connectivity index (χ1v) is 11.4. The van der Waals surface area contributed by atoms with Crippen LogP contribution >= 0.6 is 15.9 Å². The fraction of sp³-hybridized carbons (Fsp3) is 0.435. The molecule has 3 rings (SSSR count). The minimum absolute atomic E-state index is 0.0177. The Bertz CT molecular complexity index is 811. The third kappa shape index (κ3) is 6.92. The molecule has 0 bridgehead atoms. The fourth-order valence-corrected chi connectivity index (χ4v) is 3.98. The predicted octanol–water partition coefficient (Wildman–Crippen LogP) is 4.79. The molecule has 0 radical (unpaired) electrons. The minimum atomic E-state index is -0.0849. The van der Waals surface area contributed by atoms with Crippen LogP contribution in [0.5, 0.6) is 11.5 Å². The van der Waals surface area contributed by atoms with Crippen LogP contribution in [0.2, 0.25) is 0 Å². The van der Waals surface area contributed by atoms with Gasteiger partial charge in [0.1, 0.15) is 0 Å². The monoisotopic (exact) mass is 475 g/mol. The SMILES string of the molecule is CCOc1cc(CNNc2ccccc2)c(Br)cc1OCC(=O)NC1CCCCC1. The first kappa shape index (κ1) is 22.4. The molecule has 7 heteroatoms. The lowest BCUT2D eigenvalue weighted by atomic mass is 9.95. The second kappa shape index (κ2) is 11.8. The second-order valence-electron chi connectivity index (χ2n) is 7.36. The largest absolute Gasteiger partial charge is 0.490 e. The molecule has 0 heterocycles. The zero-order valence-corrected chi connectivity index (χ0v) is 19.0. The maximum absolute atomic E-state index is 12.3. The molecule has 1 fully saturated rings. The van der Waals surface area contributed by atoms with Crippen molar-refractivity contribution in [3.8, 4) is 11.5 Å². The number of benzene rings is 2. The lowest BCUT2D eigenvalue weighted by Gasteiger charge is -2.23. The molecular weight excluding hydrogens is 446 g/mol. The van der Waals surface area contributed by atoms with Crippen LogP contribution in [0.3, 0.4) is 0 Å². The van der Waals surface area contributed by atoms with Crippen molar-refractivity contribution in [2.75, 3.05) is 18.6 Å². The molecule has 1 amide bonds. The van der Waals surface area contributed by atoms with Gasteiger partial charge in [-0.05, 0) is 49.6 Å². The zero-order valence-electron chi connectivity index (χ0n) is 17.4. The van der Waals surface area contributed by atoms with Crippen LogP contribution in [0.1, 0.15) is 44.6 Å². The quantitative estimate of drug-likeness (QED) is 0.430. The standard InChI is InChI=1S/C23H30BrN3O3/c1-2-29-21-13-17(15-25-27-19-11-7-4-8-12-19)20(24)14-22(21)30-16-23(28)26-18-9-5-3-6-10-18/h4,7-8,11-14,18,25,27H,2-3,5-6,9-10,15-16H2,1H3,(H,26,28). The highest BCUT2D eigenvalue weighted by molar-refractivity contribution is 9.10. The smallest absolute Gasteiger partial charge is 0.258 e. The molecule has 0 atom stereocenters. The van der Waals surface area contributed by atoms with Gasteiger partial charge in [0.25, 0.3) is 5.91 Å². The maximum Gasteiger partial charge on any atom is 0.258 e. The van der Waals surface area contributed by atoms with Gasteiger partial charge >= 0.3 is 0 Å². The molecule has 30 heavy (non-hydrogen) atoms. The van der Waals surface area contributed by atoms with E-state index in [1.54, 1.807) is 0 Å². The highest BCUT2D eigenvalue weighted by Crippen LogP contribution is 2.34. The second-order valence-corrected chi connectivity index (χ2v) is 8.21. The van der Waals surface area contributed by atoms with E-state index in [-0.39, 0.29) is 18.6 Å². The van der Waals surface area contributed by atoms with Gasteiger partial charge in [-0.3, -0.25) is 4.79 Å². The van der Waals surface area contributed by atoms with Crippen molar-refractivity contribution in [2.45, 2.75) is 51.6 Å². The molecule has 0 unspecified atom stereocenters. The normalized spacial score (nSPS) is 14.2.